The van der Waals surface area contributed by atoms with Gasteiger partial charge in [-0.25, -0.2) is 13.1 Å². The van der Waals surface area contributed by atoms with Gasteiger partial charge >= 0.3 is 0 Å². The maximum atomic E-state index is 11.9. The number of hydrogen-bond donors (Lipinski definition) is 3. The van der Waals surface area contributed by atoms with Crippen LogP contribution in [0.3, 0.4) is 0 Å². The molecule has 0 saturated carbocycles. The summed E-state index contributed by atoms with van der Waals surface area (Å²) in [5, 5.41) is 7.98. The average Bonchev–Trinajstić information content (AvgIpc) is 3.11. The fourth-order valence-electron chi connectivity index (χ4n) is 1.80. The summed E-state index contributed by atoms with van der Waals surface area (Å²) in [5.74, 6) is 0.652. The van der Waals surface area contributed by atoms with Gasteiger partial charge < -0.3 is 15.4 Å². The van der Waals surface area contributed by atoms with Gasteiger partial charge in [0.1, 0.15) is 4.21 Å². The lowest BCUT2D eigenvalue weighted by molar-refractivity contribution is 0.129. The topological polar surface area (TPSA) is 91.8 Å². The molecule has 24 heavy (non-hydrogen) atoms. The van der Waals surface area contributed by atoms with E-state index in [1.165, 1.54) is 11.3 Å². The lowest BCUT2D eigenvalue weighted by Gasteiger charge is -2.12. The van der Waals surface area contributed by atoms with Crippen LogP contribution >= 0.6 is 11.3 Å². The largest absolute Gasteiger partial charge is 0.381 e. The van der Waals surface area contributed by atoms with Crippen LogP contribution in [0.1, 0.15) is 26.2 Å². The van der Waals surface area contributed by atoms with E-state index < -0.39 is 10.0 Å². The van der Waals surface area contributed by atoms with Crippen molar-refractivity contribution in [3.05, 3.63) is 17.5 Å². The van der Waals surface area contributed by atoms with E-state index in [1.807, 2.05) is 0 Å². The number of ether oxygens (including phenoxy) is 1. The van der Waals surface area contributed by atoms with Crippen LogP contribution in [0, 0.1) is 0 Å². The highest BCUT2D eigenvalue weighted by Gasteiger charge is 2.13. The zero-order chi connectivity index (χ0) is 17.7. The summed E-state index contributed by atoms with van der Waals surface area (Å²) in [7, 11) is -1.72. The summed E-state index contributed by atoms with van der Waals surface area (Å²) in [6, 6.07) is 3.30. The van der Waals surface area contributed by atoms with Crippen molar-refractivity contribution in [2.45, 2.75) is 30.4 Å². The van der Waals surface area contributed by atoms with Crippen molar-refractivity contribution >= 4 is 27.3 Å². The second-order valence-electron chi connectivity index (χ2n) is 5.08. The van der Waals surface area contributed by atoms with Crippen molar-refractivity contribution in [2.75, 3.05) is 39.9 Å². The minimum atomic E-state index is -3.40. The fourth-order valence-corrected chi connectivity index (χ4v) is 3.87. The number of nitrogens with one attached hydrogen (secondary N) is 3. The predicted octanol–water partition coefficient (Wildman–Crippen LogP) is 1.40. The molecule has 0 unspecified atom stereocenters. The van der Waals surface area contributed by atoms with E-state index in [1.54, 1.807) is 24.6 Å². The van der Waals surface area contributed by atoms with Gasteiger partial charge in [0.2, 0.25) is 10.0 Å². The minimum absolute atomic E-state index is 0.293. The molecule has 1 aromatic rings. The molecule has 0 aliphatic rings. The molecule has 0 radical (unpaired) electrons. The summed E-state index contributed by atoms with van der Waals surface area (Å²) in [6.07, 6.45) is 3.14. The Morgan fingerprint density at radius 1 is 1.21 bits per heavy atom. The molecule has 3 N–H and O–H groups in total. The van der Waals surface area contributed by atoms with E-state index in [0.29, 0.717) is 23.3 Å². The Bertz CT molecular complexity index is 559. The first-order valence-corrected chi connectivity index (χ1v) is 10.5. The van der Waals surface area contributed by atoms with E-state index in [-0.39, 0.29) is 0 Å². The van der Waals surface area contributed by atoms with Crippen molar-refractivity contribution in [2.24, 2.45) is 4.99 Å². The highest BCUT2D eigenvalue weighted by molar-refractivity contribution is 7.91. The maximum absolute atomic E-state index is 11.9. The molecule has 0 spiro atoms. The van der Waals surface area contributed by atoms with Crippen molar-refractivity contribution in [1.82, 2.24) is 15.4 Å². The van der Waals surface area contributed by atoms with E-state index in [9.17, 15) is 8.42 Å². The normalized spacial score (nSPS) is 12.3. The van der Waals surface area contributed by atoms with Gasteiger partial charge in [-0.3, -0.25) is 4.99 Å². The number of nitrogens with zero attached hydrogens (tertiary/aromatic N) is 1. The smallest absolute Gasteiger partial charge is 0.250 e. The Hall–Kier alpha value is -1.16. The Morgan fingerprint density at radius 3 is 2.62 bits per heavy atom. The first kappa shape index (κ1) is 20.9. The molecule has 7 nitrogen and oxygen atoms in total. The molecule has 0 aliphatic carbocycles. The summed E-state index contributed by atoms with van der Waals surface area (Å²) < 4.78 is 32.2. The molecule has 0 bridgehead atoms. The van der Waals surface area contributed by atoms with Crippen LogP contribution in [-0.2, 0) is 14.8 Å². The van der Waals surface area contributed by atoms with Crippen LogP contribution in [0.15, 0.2) is 26.7 Å². The van der Waals surface area contributed by atoms with Crippen molar-refractivity contribution < 1.29 is 13.2 Å². The molecule has 0 aliphatic heterocycles. The molecule has 0 aromatic carbocycles. The summed E-state index contributed by atoms with van der Waals surface area (Å²) in [5.41, 5.74) is 0. The molecule has 138 valence electrons. The van der Waals surface area contributed by atoms with Crippen LogP contribution in [0.5, 0.6) is 0 Å². The third-order valence-electron chi connectivity index (χ3n) is 3.09. The predicted molar refractivity (Wildman–Crippen MR) is 99.2 cm³/mol. The van der Waals surface area contributed by atoms with Crippen molar-refractivity contribution in [3.63, 3.8) is 0 Å². The summed E-state index contributed by atoms with van der Waals surface area (Å²) >= 11 is 1.20. The summed E-state index contributed by atoms with van der Waals surface area (Å²) in [6.45, 7) is 5.19. The standard InChI is InChI=1S/C15H28N4O3S2/c1-3-4-11-22-12-6-8-17-15(16-2)18-9-10-19-24(20,21)14-7-5-13-23-14/h5,7,13,19H,3-4,6,8-12H2,1-2H3,(H2,16,17,18). The quantitative estimate of drug-likeness (QED) is 0.291. The second-order valence-corrected chi connectivity index (χ2v) is 8.02. The zero-order valence-corrected chi connectivity index (χ0v) is 16.0. The molecule has 1 aromatic heterocycles. The van der Waals surface area contributed by atoms with E-state index in [2.05, 4.69) is 27.3 Å². The van der Waals surface area contributed by atoms with Crippen molar-refractivity contribution in [1.29, 1.82) is 0 Å². The minimum Gasteiger partial charge on any atom is -0.381 e. The zero-order valence-electron chi connectivity index (χ0n) is 14.4. The SMILES string of the molecule is CCCCOCCCNC(=NC)NCCNS(=O)(=O)c1cccs1. The molecular formula is C15H28N4O3S2. The van der Waals surface area contributed by atoms with Crippen LogP contribution in [0.4, 0.5) is 0 Å². The van der Waals surface area contributed by atoms with Crippen LogP contribution in [-0.4, -0.2) is 54.3 Å². The monoisotopic (exact) mass is 376 g/mol. The van der Waals surface area contributed by atoms with Gasteiger partial charge in [-0.2, -0.15) is 0 Å². The van der Waals surface area contributed by atoms with Gasteiger partial charge in [0.25, 0.3) is 0 Å². The maximum Gasteiger partial charge on any atom is 0.250 e. The molecule has 0 atom stereocenters. The van der Waals surface area contributed by atoms with E-state index in [4.69, 9.17) is 4.74 Å². The summed E-state index contributed by atoms with van der Waals surface area (Å²) in [4.78, 5) is 4.10. The Labute approximate surface area is 149 Å². The second kappa shape index (κ2) is 12.2. The number of aliphatic imine (C=N–C) groups is 1. The number of guanidine groups is 1. The first-order chi connectivity index (χ1) is 11.6. The van der Waals surface area contributed by atoms with E-state index in [0.717, 1.165) is 39.0 Å². The fraction of sp³-hybridized carbons (Fsp3) is 0.667. The number of sulfonamides is 1. The number of hydrogen-bond acceptors (Lipinski definition) is 5. The molecule has 0 fully saturated rings. The lowest BCUT2D eigenvalue weighted by atomic mass is 10.4. The number of thiophene rings is 1. The molecule has 1 rings (SSSR count). The van der Waals surface area contributed by atoms with Gasteiger partial charge in [-0.1, -0.05) is 19.4 Å². The highest BCUT2D eigenvalue weighted by Crippen LogP contribution is 2.14. The van der Waals surface area contributed by atoms with Crippen LogP contribution in [0.25, 0.3) is 0 Å². The molecular weight excluding hydrogens is 348 g/mol. The third-order valence-corrected chi connectivity index (χ3v) is 5.95. The number of rotatable bonds is 12. The Morgan fingerprint density at radius 2 is 1.96 bits per heavy atom. The van der Waals surface area contributed by atoms with Gasteiger partial charge in [0.05, 0.1) is 0 Å². The lowest BCUT2D eigenvalue weighted by Crippen LogP contribution is -2.41. The van der Waals surface area contributed by atoms with Gasteiger partial charge in [-0.15, -0.1) is 11.3 Å². The Kier molecular flexibility index (Phi) is 10.6. The average molecular weight is 377 g/mol. The van der Waals surface area contributed by atoms with Gasteiger partial charge in [-0.05, 0) is 24.3 Å². The third kappa shape index (κ3) is 8.62. The molecule has 0 amide bonds. The van der Waals surface area contributed by atoms with Gasteiger partial charge in [0, 0.05) is 39.9 Å². The number of unbranched alkanes of at least 4 members (excludes halogenated alkanes) is 1. The molecule has 0 saturated heterocycles. The first-order valence-electron chi connectivity index (χ1n) is 8.15. The molecule has 9 heteroatoms. The Balaban J connectivity index is 2.12. The van der Waals surface area contributed by atoms with Crippen LogP contribution < -0.4 is 15.4 Å². The molecule has 1 heterocycles. The highest BCUT2D eigenvalue weighted by atomic mass is 32.2. The van der Waals surface area contributed by atoms with E-state index >= 15 is 0 Å². The van der Waals surface area contributed by atoms with Crippen LogP contribution in [0.2, 0.25) is 0 Å². The van der Waals surface area contributed by atoms with Crippen molar-refractivity contribution in [3.8, 4) is 0 Å². The van der Waals surface area contributed by atoms with Gasteiger partial charge in [0.15, 0.2) is 5.96 Å².